The van der Waals surface area contributed by atoms with Crippen LogP contribution in [0.25, 0.3) is 0 Å². The number of hydrogen-bond donors (Lipinski definition) is 1. The van der Waals surface area contributed by atoms with E-state index in [4.69, 9.17) is 4.74 Å². The van der Waals surface area contributed by atoms with Crippen molar-refractivity contribution in [3.05, 3.63) is 64.7 Å². The van der Waals surface area contributed by atoms with Gasteiger partial charge in [-0.3, -0.25) is 14.4 Å². The summed E-state index contributed by atoms with van der Waals surface area (Å²) in [4.78, 5) is 35.2. The third-order valence-electron chi connectivity index (χ3n) is 4.70. The van der Waals surface area contributed by atoms with Gasteiger partial charge in [0.25, 0.3) is 5.91 Å². The van der Waals surface area contributed by atoms with Gasteiger partial charge in [-0.05, 0) is 73.6 Å². The number of hydrogen-bond acceptors (Lipinski definition) is 4. The van der Waals surface area contributed by atoms with Gasteiger partial charge in [-0.1, -0.05) is 18.2 Å². The van der Waals surface area contributed by atoms with E-state index in [1.165, 1.54) is 30.9 Å². The van der Waals surface area contributed by atoms with E-state index in [0.29, 0.717) is 11.3 Å². The highest BCUT2D eigenvalue weighted by molar-refractivity contribution is 5.96. The first-order valence-corrected chi connectivity index (χ1v) is 9.18. The zero-order valence-corrected chi connectivity index (χ0v) is 15.4. The molecule has 1 aliphatic rings. The number of aryl methyl sites for hydroxylation is 2. The number of ether oxygens (including phenoxy) is 1. The van der Waals surface area contributed by atoms with Crippen molar-refractivity contribution >= 4 is 23.3 Å². The summed E-state index contributed by atoms with van der Waals surface area (Å²) in [5.41, 5.74) is 4.73. The molecule has 2 aromatic carbocycles. The van der Waals surface area contributed by atoms with E-state index in [9.17, 15) is 14.4 Å². The molecule has 0 unspecified atom stereocenters. The normalized spacial score (nSPS) is 12.8. The van der Waals surface area contributed by atoms with Crippen molar-refractivity contribution < 1.29 is 19.1 Å². The predicted molar refractivity (Wildman–Crippen MR) is 103 cm³/mol. The summed E-state index contributed by atoms with van der Waals surface area (Å²) in [5.74, 6) is -0.874. The molecule has 0 radical (unpaired) electrons. The Balaban J connectivity index is 1.47. The minimum Gasteiger partial charge on any atom is -0.455 e. The summed E-state index contributed by atoms with van der Waals surface area (Å²) in [6.07, 6.45) is 4.74. The van der Waals surface area contributed by atoms with E-state index in [1.54, 1.807) is 24.3 Å². The fourth-order valence-corrected chi connectivity index (χ4v) is 3.25. The van der Waals surface area contributed by atoms with Gasteiger partial charge in [-0.25, -0.2) is 0 Å². The highest BCUT2D eigenvalue weighted by Gasteiger charge is 2.13. The van der Waals surface area contributed by atoms with Gasteiger partial charge in [-0.15, -0.1) is 0 Å². The summed E-state index contributed by atoms with van der Waals surface area (Å²) in [6, 6.07) is 12.7. The summed E-state index contributed by atoms with van der Waals surface area (Å²) >= 11 is 0. The molecule has 0 fully saturated rings. The molecule has 3 rings (SSSR count). The lowest BCUT2D eigenvalue weighted by molar-refractivity contribution is -0.146. The van der Waals surface area contributed by atoms with Crippen LogP contribution in [0, 0.1) is 0 Å². The number of fused-ring (bicyclic) bond motifs is 1. The number of ketones is 1. The van der Waals surface area contributed by atoms with E-state index >= 15 is 0 Å². The maximum Gasteiger partial charge on any atom is 0.310 e. The van der Waals surface area contributed by atoms with Crippen molar-refractivity contribution in [1.82, 2.24) is 0 Å². The number of nitrogens with one attached hydrogen (secondary N) is 1. The Kier molecular flexibility index (Phi) is 6.01. The standard InChI is InChI=1S/C22H23NO4/c1-15(24)17-8-10-20(11-9-17)23-21(25)14-27-22(26)13-16-6-7-18-4-2-3-5-19(18)12-16/h6-12H,2-5,13-14H2,1H3,(H,23,25). The highest BCUT2D eigenvalue weighted by atomic mass is 16.5. The molecule has 2 aromatic rings. The van der Waals surface area contributed by atoms with E-state index in [0.717, 1.165) is 18.4 Å². The molecule has 0 aromatic heterocycles. The van der Waals surface area contributed by atoms with Crippen LogP contribution in [0.15, 0.2) is 42.5 Å². The van der Waals surface area contributed by atoms with Gasteiger partial charge in [0.1, 0.15) is 0 Å². The van der Waals surface area contributed by atoms with E-state index in [1.807, 2.05) is 6.07 Å². The number of esters is 1. The van der Waals surface area contributed by atoms with Crippen molar-refractivity contribution in [2.24, 2.45) is 0 Å². The van der Waals surface area contributed by atoms with Crippen molar-refractivity contribution in [1.29, 1.82) is 0 Å². The molecule has 0 heterocycles. The van der Waals surface area contributed by atoms with Gasteiger partial charge in [0.2, 0.25) is 0 Å². The minimum absolute atomic E-state index is 0.0380. The monoisotopic (exact) mass is 365 g/mol. The Hall–Kier alpha value is -2.95. The number of benzene rings is 2. The van der Waals surface area contributed by atoms with Gasteiger partial charge in [0, 0.05) is 11.3 Å². The zero-order chi connectivity index (χ0) is 19.2. The van der Waals surface area contributed by atoms with Gasteiger partial charge in [0.05, 0.1) is 6.42 Å². The fraction of sp³-hybridized carbons (Fsp3) is 0.318. The largest absolute Gasteiger partial charge is 0.455 e. The number of rotatable bonds is 6. The Labute approximate surface area is 158 Å². The van der Waals surface area contributed by atoms with Gasteiger partial charge >= 0.3 is 5.97 Å². The van der Waals surface area contributed by atoms with Gasteiger partial charge in [0.15, 0.2) is 12.4 Å². The maximum absolute atomic E-state index is 12.0. The molecule has 0 aliphatic heterocycles. The lowest BCUT2D eigenvalue weighted by atomic mass is 9.90. The molecule has 27 heavy (non-hydrogen) atoms. The van der Waals surface area contributed by atoms with Crippen LogP contribution in [0.5, 0.6) is 0 Å². The summed E-state index contributed by atoms with van der Waals surface area (Å²) in [6.45, 7) is 1.15. The summed E-state index contributed by atoms with van der Waals surface area (Å²) in [7, 11) is 0. The lowest BCUT2D eigenvalue weighted by Gasteiger charge is -2.16. The second-order valence-electron chi connectivity index (χ2n) is 6.83. The van der Waals surface area contributed by atoms with Gasteiger partial charge < -0.3 is 10.1 Å². The maximum atomic E-state index is 12.0. The molecular weight excluding hydrogens is 342 g/mol. The van der Waals surface area contributed by atoms with Crippen molar-refractivity contribution in [3.63, 3.8) is 0 Å². The van der Waals surface area contributed by atoms with Gasteiger partial charge in [-0.2, -0.15) is 0 Å². The van der Waals surface area contributed by atoms with Crippen LogP contribution >= 0.6 is 0 Å². The van der Waals surface area contributed by atoms with Crippen LogP contribution in [0.2, 0.25) is 0 Å². The molecule has 5 heteroatoms. The second kappa shape index (κ2) is 8.62. The first-order valence-electron chi connectivity index (χ1n) is 9.18. The summed E-state index contributed by atoms with van der Waals surface area (Å²) in [5, 5.41) is 2.64. The van der Waals surface area contributed by atoms with E-state index < -0.39 is 11.9 Å². The minimum atomic E-state index is -0.423. The quantitative estimate of drug-likeness (QED) is 0.628. The van der Waals surface area contributed by atoms with E-state index in [-0.39, 0.29) is 18.8 Å². The van der Waals surface area contributed by atoms with Crippen molar-refractivity contribution in [2.75, 3.05) is 11.9 Å². The smallest absolute Gasteiger partial charge is 0.310 e. The summed E-state index contributed by atoms with van der Waals surface area (Å²) < 4.78 is 5.08. The van der Waals surface area contributed by atoms with Crippen molar-refractivity contribution in [3.8, 4) is 0 Å². The molecular formula is C22H23NO4. The average molecular weight is 365 g/mol. The average Bonchev–Trinajstić information content (AvgIpc) is 2.67. The van der Waals surface area contributed by atoms with Crippen LogP contribution in [0.4, 0.5) is 5.69 Å². The molecule has 0 saturated heterocycles. The van der Waals surface area contributed by atoms with Crippen LogP contribution in [0.1, 0.15) is 46.8 Å². The van der Waals surface area contributed by atoms with Crippen LogP contribution in [-0.4, -0.2) is 24.3 Å². The fourth-order valence-electron chi connectivity index (χ4n) is 3.25. The van der Waals surface area contributed by atoms with Crippen LogP contribution in [0.3, 0.4) is 0 Å². The first kappa shape index (κ1) is 18.8. The molecule has 0 bridgehead atoms. The molecule has 0 saturated carbocycles. The third-order valence-corrected chi connectivity index (χ3v) is 4.70. The Morgan fingerprint density at radius 3 is 2.37 bits per heavy atom. The molecule has 1 aliphatic carbocycles. The third kappa shape index (κ3) is 5.26. The Bertz CT molecular complexity index is 855. The molecule has 0 atom stereocenters. The number of carbonyl (C=O) groups is 3. The Morgan fingerprint density at radius 1 is 0.963 bits per heavy atom. The van der Waals surface area contributed by atoms with Crippen LogP contribution in [-0.2, 0) is 33.6 Å². The molecule has 0 spiro atoms. The number of Topliss-reactive ketones (excluding diaryl/α,β-unsaturated/α-hetero) is 1. The second-order valence-corrected chi connectivity index (χ2v) is 6.83. The predicted octanol–water partition coefficient (Wildman–Crippen LogP) is 3.49. The van der Waals surface area contributed by atoms with Crippen molar-refractivity contribution in [2.45, 2.75) is 39.0 Å². The SMILES string of the molecule is CC(=O)c1ccc(NC(=O)COC(=O)Cc2ccc3c(c2)CCCC3)cc1. The number of anilines is 1. The molecule has 5 nitrogen and oxygen atoms in total. The zero-order valence-electron chi connectivity index (χ0n) is 15.4. The highest BCUT2D eigenvalue weighted by Crippen LogP contribution is 2.22. The molecule has 140 valence electrons. The van der Waals surface area contributed by atoms with E-state index in [2.05, 4.69) is 17.4 Å². The molecule has 1 N–H and O–H groups in total. The first-order chi connectivity index (χ1) is 13.0. The number of amides is 1. The lowest BCUT2D eigenvalue weighted by Crippen LogP contribution is -2.21. The number of carbonyl (C=O) groups excluding carboxylic acids is 3. The van der Waals surface area contributed by atoms with Crippen LogP contribution < -0.4 is 5.32 Å². The molecule has 1 amide bonds. The topological polar surface area (TPSA) is 72.5 Å². The Morgan fingerprint density at radius 2 is 1.67 bits per heavy atom.